The van der Waals surface area contributed by atoms with Crippen LogP contribution in [0, 0.1) is 5.92 Å². The van der Waals surface area contributed by atoms with Crippen molar-refractivity contribution in [2.45, 2.75) is 26.7 Å². The van der Waals surface area contributed by atoms with Gasteiger partial charge in [0.2, 0.25) is 5.91 Å². The van der Waals surface area contributed by atoms with Crippen LogP contribution < -0.4 is 14.4 Å². The normalized spacial score (nSPS) is 13.3. The largest absolute Gasteiger partial charge is 0.493 e. The molecule has 0 unspecified atom stereocenters. The van der Waals surface area contributed by atoms with Gasteiger partial charge in [0.25, 0.3) is 0 Å². The molecular formula is C18H23NO4. The molecule has 1 fully saturated rings. The summed E-state index contributed by atoms with van der Waals surface area (Å²) in [5.41, 5.74) is 1.000. The Morgan fingerprint density at radius 2 is 2.04 bits per heavy atom. The number of nitrogens with zero attached hydrogens (tertiary/aromatic N) is 1. The maximum atomic E-state index is 12.6. The molecule has 124 valence electrons. The second-order valence-corrected chi connectivity index (χ2v) is 5.52. The molecule has 2 rings (SSSR count). The summed E-state index contributed by atoms with van der Waals surface area (Å²) in [6.07, 6.45) is 3.46. The molecule has 0 saturated heterocycles. The first-order valence-electron chi connectivity index (χ1n) is 7.81. The molecule has 1 saturated carbocycles. The van der Waals surface area contributed by atoms with Gasteiger partial charge in [0.15, 0.2) is 17.3 Å². The number of ether oxygens (including phenoxy) is 2. The van der Waals surface area contributed by atoms with Crippen LogP contribution in [0.1, 0.15) is 37.0 Å². The zero-order valence-corrected chi connectivity index (χ0v) is 13.9. The van der Waals surface area contributed by atoms with Gasteiger partial charge in [-0.15, -0.1) is 6.58 Å². The van der Waals surface area contributed by atoms with Crippen molar-refractivity contribution in [1.82, 2.24) is 0 Å². The third-order valence-corrected chi connectivity index (χ3v) is 3.76. The summed E-state index contributed by atoms with van der Waals surface area (Å²) in [6.45, 7) is 7.89. The number of hydrogen-bond acceptors (Lipinski definition) is 4. The van der Waals surface area contributed by atoms with Crippen LogP contribution in [0.4, 0.5) is 5.69 Å². The first-order valence-corrected chi connectivity index (χ1v) is 7.81. The highest BCUT2D eigenvalue weighted by Gasteiger charge is 2.35. The molecule has 0 spiro atoms. The highest BCUT2D eigenvalue weighted by atomic mass is 16.5. The fraction of sp³-hybridized carbons (Fsp3) is 0.444. The van der Waals surface area contributed by atoms with Crippen molar-refractivity contribution >= 4 is 17.4 Å². The van der Waals surface area contributed by atoms with Crippen molar-refractivity contribution in [1.29, 1.82) is 0 Å². The second-order valence-electron chi connectivity index (χ2n) is 5.52. The molecular weight excluding hydrogens is 294 g/mol. The minimum absolute atomic E-state index is 0.0278. The molecule has 1 aromatic rings. The minimum Gasteiger partial charge on any atom is -0.493 e. The van der Waals surface area contributed by atoms with E-state index in [1.807, 2.05) is 6.92 Å². The van der Waals surface area contributed by atoms with Gasteiger partial charge in [-0.25, -0.2) is 0 Å². The van der Waals surface area contributed by atoms with E-state index in [0.717, 1.165) is 12.8 Å². The summed E-state index contributed by atoms with van der Waals surface area (Å²) in [7, 11) is 1.53. The molecule has 0 bridgehead atoms. The Bertz CT molecular complexity index is 620. The van der Waals surface area contributed by atoms with Gasteiger partial charge in [0.05, 0.1) is 19.4 Å². The molecule has 0 heterocycles. The number of carbonyl (C=O) groups is 2. The van der Waals surface area contributed by atoms with Gasteiger partial charge in [-0.05, 0) is 32.8 Å². The molecule has 0 atom stereocenters. The Morgan fingerprint density at radius 3 is 2.52 bits per heavy atom. The third kappa shape index (κ3) is 3.73. The van der Waals surface area contributed by atoms with Crippen LogP contribution in [0.2, 0.25) is 0 Å². The molecule has 0 radical (unpaired) electrons. The highest BCUT2D eigenvalue weighted by molar-refractivity contribution is 6.06. The van der Waals surface area contributed by atoms with Crippen molar-refractivity contribution in [3.05, 3.63) is 30.4 Å². The third-order valence-electron chi connectivity index (χ3n) is 3.76. The van der Waals surface area contributed by atoms with E-state index in [1.165, 1.54) is 14.0 Å². The molecule has 23 heavy (non-hydrogen) atoms. The Kier molecular flexibility index (Phi) is 5.42. The van der Waals surface area contributed by atoms with E-state index in [0.29, 0.717) is 35.9 Å². The molecule has 1 aromatic carbocycles. The van der Waals surface area contributed by atoms with Gasteiger partial charge in [-0.2, -0.15) is 0 Å². The number of benzene rings is 1. The van der Waals surface area contributed by atoms with Gasteiger partial charge < -0.3 is 14.4 Å². The fourth-order valence-electron chi connectivity index (χ4n) is 2.47. The number of carbonyl (C=O) groups excluding carboxylic acids is 2. The Hall–Kier alpha value is -2.30. The number of anilines is 1. The second kappa shape index (κ2) is 7.31. The number of methoxy groups -OCH3 is 1. The van der Waals surface area contributed by atoms with E-state index in [-0.39, 0.29) is 17.6 Å². The van der Waals surface area contributed by atoms with E-state index >= 15 is 0 Å². The van der Waals surface area contributed by atoms with E-state index in [4.69, 9.17) is 9.47 Å². The van der Waals surface area contributed by atoms with Gasteiger partial charge >= 0.3 is 0 Å². The minimum atomic E-state index is -0.126. The average Bonchev–Trinajstić information content (AvgIpc) is 3.36. The lowest BCUT2D eigenvalue weighted by Crippen LogP contribution is -2.33. The van der Waals surface area contributed by atoms with Crippen LogP contribution in [0.15, 0.2) is 24.8 Å². The zero-order chi connectivity index (χ0) is 17.0. The summed E-state index contributed by atoms with van der Waals surface area (Å²) in [5.74, 6) is 0.956. The van der Waals surface area contributed by atoms with Crippen molar-refractivity contribution in [3.63, 3.8) is 0 Å². The zero-order valence-electron chi connectivity index (χ0n) is 13.9. The first-order chi connectivity index (χ1) is 11.0. The lowest BCUT2D eigenvalue weighted by atomic mass is 10.1. The lowest BCUT2D eigenvalue weighted by molar-refractivity contribution is -0.119. The smallest absolute Gasteiger partial charge is 0.230 e. The topological polar surface area (TPSA) is 55.8 Å². The van der Waals surface area contributed by atoms with Crippen molar-refractivity contribution in [2.24, 2.45) is 5.92 Å². The van der Waals surface area contributed by atoms with Crippen LogP contribution in [-0.4, -0.2) is 32.0 Å². The molecule has 0 N–H and O–H groups in total. The lowest BCUT2D eigenvalue weighted by Gasteiger charge is -2.25. The Balaban J connectivity index is 2.54. The number of hydrogen-bond donors (Lipinski definition) is 0. The number of amides is 1. The first kappa shape index (κ1) is 17.1. The maximum absolute atomic E-state index is 12.6. The van der Waals surface area contributed by atoms with E-state index in [1.54, 1.807) is 23.1 Å². The van der Waals surface area contributed by atoms with Gasteiger partial charge in [0, 0.05) is 24.1 Å². The van der Waals surface area contributed by atoms with Gasteiger partial charge in [-0.3, -0.25) is 9.59 Å². The summed E-state index contributed by atoms with van der Waals surface area (Å²) in [6, 6.07) is 3.35. The predicted octanol–water partition coefficient (Wildman–Crippen LogP) is 3.23. The average molecular weight is 317 g/mol. The number of ketones is 1. The van der Waals surface area contributed by atoms with Crippen molar-refractivity contribution in [2.75, 3.05) is 25.2 Å². The summed E-state index contributed by atoms with van der Waals surface area (Å²) >= 11 is 0. The van der Waals surface area contributed by atoms with Crippen molar-refractivity contribution in [3.8, 4) is 11.5 Å². The Labute approximate surface area is 136 Å². The summed E-state index contributed by atoms with van der Waals surface area (Å²) in [4.78, 5) is 26.3. The van der Waals surface area contributed by atoms with Crippen LogP contribution in [-0.2, 0) is 4.79 Å². The number of rotatable bonds is 8. The number of Topliss-reactive ketones (excluding diaryl/α,β-unsaturated/α-hetero) is 1. The molecule has 5 nitrogen and oxygen atoms in total. The van der Waals surface area contributed by atoms with Crippen LogP contribution in [0.5, 0.6) is 11.5 Å². The van der Waals surface area contributed by atoms with Crippen LogP contribution in [0.3, 0.4) is 0 Å². The van der Waals surface area contributed by atoms with E-state index < -0.39 is 0 Å². The molecule has 5 heteroatoms. The van der Waals surface area contributed by atoms with Gasteiger partial charge in [-0.1, -0.05) is 6.08 Å². The molecule has 1 aliphatic rings. The SMILES string of the molecule is C=CCN(C(=O)C1CC1)c1cc(OCC)c(OC)cc1C(C)=O. The highest BCUT2D eigenvalue weighted by Crippen LogP contribution is 2.38. The maximum Gasteiger partial charge on any atom is 0.230 e. The molecule has 1 aliphatic carbocycles. The van der Waals surface area contributed by atoms with Crippen LogP contribution >= 0.6 is 0 Å². The monoisotopic (exact) mass is 317 g/mol. The summed E-state index contributed by atoms with van der Waals surface area (Å²) in [5, 5.41) is 0. The fourth-order valence-corrected chi connectivity index (χ4v) is 2.47. The van der Waals surface area contributed by atoms with Crippen molar-refractivity contribution < 1.29 is 19.1 Å². The quantitative estimate of drug-likeness (QED) is 0.545. The summed E-state index contributed by atoms with van der Waals surface area (Å²) < 4.78 is 10.9. The molecule has 1 amide bonds. The van der Waals surface area contributed by atoms with Gasteiger partial charge in [0.1, 0.15) is 0 Å². The standard InChI is InChI=1S/C18H23NO4/c1-5-9-19(18(21)13-7-8-13)15-11-17(23-6-2)16(22-4)10-14(15)12(3)20/h5,10-11,13H,1,6-9H2,2-4H3. The molecule has 0 aromatic heterocycles. The van der Waals surface area contributed by atoms with E-state index in [2.05, 4.69) is 6.58 Å². The molecule has 0 aliphatic heterocycles. The van der Waals surface area contributed by atoms with E-state index in [9.17, 15) is 9.59 Å². The van der Waals surface area contributed by atoms with Crippen LogP contribution in [0.25, 0.3) is 0 Å². The Morgan fingerprint density at radius 1 is 1.35 bits per heavy atom. The predicted molar refractivity (Wildman–Crippen MR) is 89.4 cm³/mol.